The van der Waals surface area contributed by atoms with Crippen molar-refractivity contribution < 1.29 is 9.53 Å². The molecule has 0 unspecified atom stereocenters. The summed E-state index contributed by atoms with van der Waals surface area (Å²) in [6.07, 6.45) is 5.68. The molecule has 13 heavy (non-hydrogen) atoms. The predicted octanol–water partition coefficient (Wildman–Crippen LogP) is 1.45. The number of likely N-dealkylation sites (N-methyl/N-ethyl adjacent to an activating group) is 1. The molecule has 0 saturated carbocycles. The van der Waals surface area contributed by atoms with Crippen molar-refractivity contribution in [2.75, 3.05) is 27.2 Å². The molecule has 76 valence electrons. The van der Waals surface area contributed by atoms with Gasteiger partial charge in [0.15, 0.2) is 0 Å². The molecular weight excluding hydrogens is 166 g/mol. The van der Waals surface area contributed by atoms with E-state index in [0.29, 0.717) is 0 Å². The van der Waals surface area contributed by atoms with Crippen molar-refractivity contribution in [3.05, 3.63) is 12.2 Å². The molecule has 0 atom stereocenters. The zero-order chi connectivity index (χ0) is 10.1. The van der Waals surface area contributed by atoms with Gasteiger partial charge in [-0.25, -0.2) is 4.79 Å². The second kappa shape index (κ2) is 7.80. The van der Waals surface area contributed by atoms with Gasteiger partial charge in [0.25, 0.3) is 0 Å². The second-order valence-corrected chi connectivity index (χ2v) is 3.04. The lowest BCUT2D eigenvalue weighted by Crippen LogP contribution is -2.19. The van der Waals surface area contributed by atoms with Crippen LogP contribution in [-0.4, -0.2) is 38.1 Å². The van der Waals surface area contributed by atoms with Gasteiger partial charge in [0.05, 0.1) is 7.11 Å². The fourth-order valence-corrected chi connectivity index (χ4v) is 0.916. The summed E-state index contributed by atoms with van der Waals surface area (Å²) in [6.45, 7) is 4.04. The summed E-state index contributed by atoms with van der Waals surface area (Å²) in [4.78, 5) is 12.8. The Kier molecular flexibility index (Phi) is 7.30. The van der Waals surface area contributed by atoms with Crippen LogP contribution in [0.3, 0.4) is 0 Å². The minimum Gasteiger partial charge on any atom is -0.466 e. The zero-order valence-corrected chi connectivity index (χ0v) is 8.75. The number of nitrogens with zero attached hydrogens (tertiary/aromatic N) is 1. The normalized spacial score (nSPS) is 11.1. The minimum atomic E-state index is -0.288. The summed E-state index contributed by atoms with van der Waals surface area (Å²) in [5, 5.41) is 0. The van der Waals surface area contributed by atoms with Crippen molar-refractivity contribution in [2.45, 2.75) is 19.8 Å². The minimum absolute atomic E-state index is 0.288. The van der Waals surface area contributed by atoms with Crippen LogP contribution >= 0.6 is 0 Å². The largest absolute Gasteiger partial charge is 0.466 e. The SMILES string of the molecule is CCCCN(C)C/C=C/C(=O)OC. The van der Waals surface area contributed by atoms with E-state index in [0.717, 1.165) is 13.1 Å². The number of methoxy groups -OCH3 is 1. The number of rotatable bonds is 6. The molecule has 0 aliphatic rings. The second-order valence-electron chi connectivity index (χ2n) is 3.04. The summed E-state index contributed by atoms with van der Waals surface area (Å²) >= 11 is 0. The van der Waals surface area contributed by atoms with E-state index in [-0.39, 0.29) is 5.97 Å². The van der Waals surface area contributed by atoms with Crippen molar-refractivity contribution in [1.82, 2.24) is 4.90 Å². The number of ether oxygens (including phenoxy) is 1. The third-order valence-corrected chi connectivity index (χ3v) is 1.77. The molecule has 3 nitrogen and oxygen atoms in total. The van der Waals surface area contributed by atoms with Crippen LogP contribution in [0.5, 0.6) is 0 Å². The maximum Gasteiger partial charge on any atom is 0.330 e. The average molecular weight is 185 g/mol. The molecule has 0 N–H and O–H groups in total. The van der Waals surface area contributed by atoms with Crippen molar-refractivity contribution in [3.63, 3.8) is 0 Å². The van der Waals surface area contributed by atoms with Crippen LogP contribution in [0, 0.1) is 0 Å². The summed E-state index contributed by atoms with van der Waals surface area (Å²) in [7, 11) is 3.42. The maximum atomic E-state index is 10.7. The first-order valence-electron chi connectivity index (χ1n) is 4.63. The molecule has 0 saturated heterocycles. The van der Waals surface area contributed by atoms with E-state index >= 15 is 0 Å². The first-order valence-corrected chi connectivity index (χ1v) is 4.63. The molecule has 0 rings (SSSR count). The van der Waals surface area contributed by atoms with Gasteiger partial charge in [-0.2, -0.15) is 0 Å². The van der Waals surface area contributed by atoms with E-state index in [9.17, 15) is 4.79 Å². The lowest BCUT2D eigenvalue weighted by Gasteiger charge is -2.12. The van der Waals surface area contributed by atoms with Crippen LogP contribution in [0.25, 0.3) is 0 Å². The third kappa shape index (κ3) is 7.53. The van der Waals surface area contributed by atoms with Crippen LogP contribution in [-0.2, 0) is 9.53 Å². The number of hydrogen-bond donors (Lipinski definition) is 0. The molecule has 0 aromatic rings. The molecule has 0 aromatic carbocycles. The van der Waals surface area contributed by atoms with Crippen LogP contribution < -0.4 is 0 Å². The van der Waals surface area contributed by atoms with Gasteiger partial charge in [0.1, 0.15) is 0 Å². The molecular formula is C10H19NO2. The van der Waals surface area contributed by atoms with Gasteiger partial charge in [-0.3, -0.25) is 0 Å². The van der Waals surface area contributed by atoms with Gasteiger partial charge in [0, 0.05) is 12.6 Å². The number of carbonyl (C=O) groups is 1. The van der Waals surface area contributed by atoms with Crippen molar-refractivity contribution in [3.8, 4) is 0 Å². The number of esters is 1. The molecule has 0 aliphatic carbocycles. The Labute approximate surface area is 80.4 Å². The Balaban J connectivity index is 3.50. The van der Waals surface area contributed by atoms with Crippen LogP contribution in [0.15, 0.2) is 12.2 Å². The van der Waals surface area contributed by atoms with E-state index in [2.05, 4.69) is 16.6 Å². The van der Waals surface area contributed by atoms with Crippen molar-refractivity contribution in [2.24, 2.45) is 0 Å². The Morgan fingerprint density at radius 2 is 2.23 bits per heavy atom. The molecule has 0 spiro atoms. The van der Waals surface area contributed by atoms with Gasteiger partial charge < -0.3 is 9.64 Å². The standard InChI is InChI=1S/C10H19NO2/c1-4-5-8-11(2)9-6-7-10(12)13-3/h6-7H,4-5,8-9H2,1-3H3/b7-6+. The molecule has 0 bridgehead atoms. The summed E-state index contributed by atoms with van der Waals surface area (Å²) in [5.74, 6) is -0.288. The topological polar surface area (TPSA) is 29.5 Å². The lowest BCUT2D eigenvalue weighted by molar-refractivity contribution is -0.134. The summed E-state index contributed by atoms with van der Waals surface area (Å²) < 4.78 is 4.47. The highest BCUT2D eigenvalue weighted by molar-refractivity contribution is 5.81. The molecule has 0 aliphatic heterocycles. The average Bonchev–Trinajstić information content (AvgIpc) is 2.14. The first-order chi connectivity index (χ1) is 6.20. The number of hydrogen-bond acceptors (Lipinski definition) is 3. The highest BCUT2D eigenvalue weighted by Gasteiger charge is 1.94. The monoisotopic (exact) mass is 185 g/mol. The zero-order valence-electron chi connectivity index (χ0n) is 8.75. The molecule has 0 aromatic heterocycles. The van der Waals surface area contributed by atoms with Crippen LogP contribution in [0.4, 0.5) is 0 Å². The first kappa shape index (κ1) is 12.2. The summed E-state index contributed by atoms with van der Waals surface area (Å²) in [6, 6.07) is 0. The van der Waals surface area contributed by atoms with E-state index in [1.165, 1.54) is 26.0 Å². The van der Waals surface area contributed by atoms with Crippen LogP contribution in [0.2, 0.25) is 0 Å². The smallest absolute Gasteiger partial charge is 0.330 e. The van der Waals surface area contributed by atoms with E-state index in [1.807, 2.05) is 13.1 Å². The number of carbonyl (C=O) groups excluding carboxylic acids is 1. The Morgan fingerprint density at radius 1 is 1.54 bits per heavy atom. The Morgan fingerprint density at radius 3 is 2.77 bits per heavy atom. The van der Waals surface area contributed by atoms with Gasteiger partial charge >= 0.3 is 5.97 Å². The third-order valence-electron chi connectivity index (χ3n) is 1.77. The van der Waals surface area contributed by atoms with Gasteiger partial charge in [-0.1, -0.05) is 19.4 Å². The van der Waals surface area contributed by atoms with Gasteiger partial charge in [-0.05, 0) is 20.0 Å². The van der Waals surface area contributed by atoms with E-state index in [4.69, 9.17) is 0 Å². The highest BCUT2D eigenvalue weighted by Crippen LogP contribution is 1.91. The molecule has 0 amide bonds. The fraction of sp³-hybridized carbons (Fsp3) is 0.700. The van der Waals surface area contributed by atoms with Crippen molar-refractivity contribution in [1.29, 1.82) is 0 Å². The van der Waals surface area contributed by atoms with E-state index in [1.54, 1.807) is 0 Å². The molecule has 0 radical (unpaired) electrons. The van der Waals surface area contributed by atoms with Gasteiger partial charge in [0.2, 0.25) is 0 Å². The van der Waals surface area contributed by atoms with Crippen molar-refractivity contribution >= 4 is 5.97 Å². The van der Waals surface area contributed by atoms with Crippen LogP contribution in [0.1, 0.15) is 19.8 Å². The van der Waals surface area contributed by atoms with E-state index < -0.39 is 0 Å². The fourth-order valence-electron chi connectivity index (χ4n) is 0.916. The number of unbranched alkanes of at least 4 members (excludes halogenated alkanes) is 1. The van der Waals surface area contributed by atoms with Gasteiger partial charge in [-0.15, -0.1) is 0 Å². The Bertz CT molecular complexity index is 166. The molecule has 0 fully saturated rings. The molecule has 3 heteroatoms. The quantitative estimate of drug-likeness (QED) is 0.463. The maximum absolute atomic E-state index is 10.7. The lowest BCUT2D eigenvalue weighted by atomic mass is 10.3. The molecule has 0 heterocycles. The Hall–Kier alpha value is -0.830. The predicted molar refractivity (Wildman–Crippen MR) is 53.6 cm³/mol. The highest BCUT2D eigenvalue weighted by atomic mass is 16.5. The summed E-state index contributed by atoms with van der Waals surface area (Å²) in [5.41, 5.74) is 0.